The van der Waals surface area contributed by atoms with E-state index in [0.717, 1.165) is 30.4 Å². The van der Waals surface area contributed by atoms with E-state index in [9.17, 15) is 9.90 Å². The molecule has 1 N–H and O–H groups in total. The van der Waals surface area contributed by atoms with Crippen LogP contribution in [0.2, 0.25) is 0 Å². The van der Waals surface area contributed by atoms with Crippen LogP contribution in [-0.2, 0) is 4.79 Å². The van der Waals surface area contributed by atoms with Crippen molar-refractivity contribution in [1.82, 2.24) is 0 Å². The van der Waals surface area contributed by atoms with Crippen molar-refractivity contribution < 1.29 is 9.90 Å². The molecule has 1 aromatic rings. The van der Waals surface area contributed by atoms with Crippen molar-refractivity contribution in [2.45, 2.75) is 38.7 Å². The summed E-state index contributed by atoms with van der Waals surface area (Å²) in [7, 11) is 0. The van der Waals surface area contributed by atoms with Gasteiger partial charge in [0.15, 0.2) is 5.78 Å². The van der Waals surface area contributed by atoms with Gasteiger partial charge in [-0.3, -0.25) is 4.79 Å². The van der Waals surface area contributed by atoms with E-state index in [1.807, 2.05) is 6.92 Å². The van der Waals surface area contributed by atoms with Gasteiger partial charge >= 0.3 is 0 Å². The summed E-state index contributed by atoms with van der Waals surface area (Å²) in [5.74, 6) is 0.816. The largest absolute Gasteiger partial charge is 0.392 e. The fraction of sp³-hybridized carbons (Fsp3) is 0.471. The average molecular weight is 382 g/mol. The molecular formula is C17H19IO2. The molecule has 2 aliphatic rings. The van der Waals surface area contributed by atoms with E-state index in [4.69, 9.17) is 0 Å². The van der Waals surface area contributed by atoms with E-state index < -0.39 is 0 Å². The Morgan fingerprint density at radius 1 is 1.30 bits per heavy atom. The maximum atomic E-state index is 12.4. The van der Waals surface area contributed by atoms with Gasteiger partial charge < -0.3 is 5.11 Å². The molecule has 3 heteroatoms. The molecule has 0 heterocycles. The van der Waals surface area contributed by atoms with Gasteiger partial charge in [0, 0.05) is 21.5 Å². The molecular weight excluding hydrogens is 363 g/mol. The number of hydrogen-bond acceptors (Lipinski definition) is 2. The second-order valence-corrected chi connectivity index (χ2v) is 7.14. The topological polar surface area (TPSA) is 37.3 Å². The third-order valence-electron chi connectivity index (χ3n) is 4.63. The lowest BCUT2D eigenvalue weighted by atomic mass is 9.77. The number of allylic oxidation sites excluding steroid dienone is 1. The Bertz CT molecular complexity index is 559. The van der Waals surface area contributed by atoms with E-state index in [1.165, 1.54) is 9.14 Å². The zero-order valence-electron chi connectivity index (χ0n) is 11.6. The number of carbonyl (C=O) groups excluding carboxylic acids is 1. The maximum Gasteiger partial charge on any atom is 0.159 e. The number of halogens is 1. The number of fused-ring (bicyclic) bond motifs is 2. The highest BCUT2D eigenvalue weighted by Crippen LogP contribution is 2.48. The zero-order valence-corrected chi connectivity index (χ0v) is 13.8. The zero-order chi connectivity index (χ0) is 14.3. The normalized spacial score (nSPS) is 28.9. The van der Waals surface area contributed by atoms with E-state index in [0.29, 0.717) is 12.3 Å². The second kappa shape index (κ2) is 5.60. The second-order valence-electron chi connectivity index (χ2n) is 5.89. The number of rotatable bonds is 3. The number of Topliss-reactive ketones (excluding diaryl/α,β-unsaturated/α-hetero) is 1. The summed E-state index contributed by atoms with van der Waals surface area (Å²) >= 11 is 2.29. The third kappa shape index (κ3) is 2.46. The molecule has 1 aromatic carbocycles. The van der Waals surface area contributed by atoms with E-state index in [-0.39, 0.29) is 17.8 Å². The third-order valence-corrected chi connectivity index (χ3v) is 5.35. The van der Waals surface area contributed by atoms with E-state index in [2.05, 4.69) is 46.9 Å². The summed E-state index contributed by atoms with van der Waals surface area (Å²) < 4.78 is 1.20. The SMILES string of the molecule is CCC(=O)C1=C(c2ccc(I)cc2)CC2CC(O)C1C2. The van der Waals surface area contributed by atoms with Crippen LogP contribution in [0.1, 0.15) is 38.2 Å². The van der Waals surface area contributed by atoms with Crippen LogP contribution in [0.5, 0.6) is 0 Å². The molecule has 1 saturated carbocycles. The van der Waals surface area contributed by atoms with Gasteiger partial charge in [-0.25, -0.2) is 0 Å². The van der Waals surface area contributed by atoms with Crippen molar-refractivity contribution in [3.63, 3.8) is 0 Å². The molecule has 2 aliphatic carbocycles. The first-order valence-corrected chi connectivity index (χ1v) is 8.38. The Morgan fingerprint density at radius 3 is 2.65 bits per heavy atom. The minimum atomic E-state index is -0.327. The van der Waals surface area contributed by atoms with Crippen LogP contribution in [0.15, 0.2) is 29.8 Å². The van der Waals surface area contributed by atoms with Gasteiger partial charge in [-0.05, 0) is 71.0 Å². The van der Waals surface area contributed by atoms with Crippen molar-refractivity contribution in [2.24, 2.45) is 11.8 Å². The Labute approximate surface area is 133 Å². The highest BCUT2D eigenvalue weighted by Gasteiger charge is 2.42. The van der Waals surface area contributed by atoms with Gasteiger partial charge in [-0.2, -0.15) is 0 Å². The monoisotopic (exact) mass is 382 g/mol. The van der Waals surface area contributed by atoms with Crippen molar-refractivity contribution in [2.75, 3.05) is 0 Å². The molecule has 3 atom stereocenters. The van der Waals surface area contributed by atoms with Crippen molar-refractivity contribution in [3.05, 3.63) is 39.0 Å². The molecule has 3 unspecified atom stereocenters. The number of benzene rings is 1. The number of aliphatic hydroxyl groups excluding tert-OH is 1. The lowest BCUT2D eigenvalue weighted by molar-refractivity contribution is -0.116. The first-order valence-electron chi connectivity index (χ1n) is 7.30. The highest BCUT2D eigenvalue weighted by molar-refractivity contribution is 14.1. The molecule has 0 saturated heterocycles. The molecule has 1 fully saturated rings. The van der Waals surface area contributed by atoms with Crippen LogP contribution >= 0.6 is 22.6 Å². The standard InChI is InChI=1S/C17H19IO2/c1-2-15(19)17-13(11-3-5-12(18)6-4-11)7-10-8-14(17)16(20)9-10/h3-6,10,14,16,20H,2,7-9H2,1H3. The fourth-order valence-corrected chi connectivity index (χ4v) is 4.07. The van der Waals surface area contributed by atoms with Crippen LogP contribution < -0.4 is 0 Å². The molecule has 0 amide bonds. The summed E-state index contributed by atoms with van der Waals surface area (Å²) in [5.41, 5.74) is 3.26. The van der Waals surface area contributed by atoms with Crippen LogP contribution in [0.4, 0.5) is 0 Å². The van der Waals surface area contributed by atoms with Crippen molar-refractivity contribution in [1.29, 1.82) is 0 Å². The molecule has 0 aliphatic heterocycles. The summed E-state index contributed by atoms with van der Waals surface area (Å²) in [5, 5.41) is 10.2. The Hall–Kier alpha value is -0.680. The predicted molar refractivity (Wildman–Crippen MR) is 88.2 cm³/mol. The number of aliphatic hydroxyl groups is 1. The Balaban J connectivity index is 2.09. The Kier molecular flexibility index (Phi) is 4.00. The molecule has 3 rings (SSSR count). The number of ketones is 1. The molecule has 2 bridgehead atoms. The molecule has 0 aromatic heterocycles. The van der Waals surface area contributed by atoms with Crippen LogP contribution in [0, 0.1) is 15.4 Å². The minimum Gasteiger partial charge on any atom is -0.392 e. The van der Waals surface area contributed by atoms with Gasteiger partial charge in [0.05, 0.1) is 6.10 Å². The average Bonchev–Trinajstić information content (AvgIpc) is 2.74. The first kappa shape index (κ1) is 14.3. The summed E-state index contributed by atoms with van der Waals surface area (Å²) in [4.78, 5) is 12.4. The van der Waals surface area contributed by atoms with Gasteiger partial charge in [-0.15, -0.1) is 0 Å². The van der Waals surface area contributed by atoms with Gasteiger partial charge in [0.25, 0.3) is 0 Å². The Morgan fingerprint density at radius 2 is 2.00 bits per heavy atom. The van der Waals surface area contributed by atoms with Crippen molar-refractivity contribution >= 4 is 33.9 Å². The van der Waals surface area contributed by atoms with E-state index >= 15 is 0 Å². The number of hydrogen-bond donors (Lipinski definition) is 1. The molecule has 20 heavy (non-hydrogen) atoms. The van der Waals surface area contributed by atoms with Gasteiger partial charge in [0.1, 0.15) is 0 Å². The van der Waals surface area contributed by atoms with Crippen LogP contribution in [-0.4, -0.2) is 17.0 Å². The van der Waals surface area contributed by atoms with Crippen LogP contribution in [0.25, 0.3) is 5.57 Å². The molecule has 2 nitrogen and oxygen atoms in total. The predicted octanol–water partition coefficient (Wildman–Crippen LogP) is 3.81. The quantitative estimate of drug-likeness (QED) is 0.808. The summed E-state index contributed by atoms with van der Waals surface area (Å²) in [6.45, 7) is 1.91. The lowest BCUT2D eigenvalue weighted by Gasteiger charge is -2.26. The highest BCUT2D eigenvalue weighted by atomic mass is 127. The fourth-order valence-electron chi connectivity index (χ4n) is 3.71. The lowest BCUT2D eigenvalue weighted by Crippen LogP contribution is -2.23. The molecule has 106 valence electrons. The smallest absolute Gasteiger partial charge is 0.159 e. The van der Waals surface area contributed by atoms with Crippen LogP contribution in [0.3, 0.4) is 0 Å². The summed E-state index contributed by atoms with van der Waals surface area (Å²) in [6, 6.07) is 8.39. The number of carbonyl (C=O) groups is 1. The van der Waals surface area contributed by atoms with Gasteiger partial charge in [0.2, 0.25) is 0 Å². The molecule has 0 radical (unpaired) electrons. The van der Waals surface area contributed by atoms with Gasteiger partial charge in [-0.1, -0.05) is 19.1 Å². The molecule has 0 spiro atoms. The van der Waals surface area contributed by atoms with E-state index in [1.54, 1.807) is 0 Å². The maximum absolute atomic E-state index is 12.4. The first-order chi connectivity index (χ1) is 9.60. The minimum absolute atomic E-state index is 0.0653. The van der Waals surface area contributed by atoms with Crippen molar-refractivity contribution in [3.8, 4) is 0 Å². The summed E-state index contributed by atoms with van der Waals surface area (Å²) in [6.07, 6.45) is 2.97.